The Hall–Kier alpha value is -7.50. The van der Waals surface area contributed by atoms with Gasteiger partial charge in [0.25, 0.3) is 0 Å². The quantitative estimate of drug-likeness (QED) is 0.177. The van der Waals surface area contributed by atoms with Crippen molar-refractivity contribution >= 4 is 66.1 Å². The van der Waals surface area contributed by atoms with Crippen LogP contribution in [0.2, 0.25) is 0 Å². The minimum atomic E-state index is -0.159. The van der Waals surface area contributed by atoms with Gasteiger partial charge in [0.05, 0.1) is 33.0 Å². The highest BCUT2D eigenvalue weighted by Gasteiger charge is 2.38. The zero-order chi connectivity index (χ0) is 43.2. The van der Waals surface area contributed by atoms with Gasteiger partial charge in [-0.3, -0.25) is 4.57 Å². The average Bonchev–Trinajstić information content (AvgIpc) is 4.07. The van der Waals surface area contributed by atoms with Crippen LogP contribution >= 0.6 is 0 Å². The summed E-state index contributed by atoms with van der Waals surface area (Å²) in [6.07, 6.45) is 5.09. The fourth-order valence-electron chi connectivity index (χ4n) is 12.9. The third-order valence-corrected chi connectivity index (χ3v) is 15.9. The smallest absolute Gasteiger partial charge is 0.162 e. The zero-order valence-corrected chi connectivity index (χ0v) is 37.1. The molecule has 3 aliphatic carbocycles. The molecular weight excluding hydrogens is 793 g/mol. The van der Waals surface area contributed by atoms with E-state index in [-0.39, 0.29) is 10.8 Å². The lowest BCUT2D eigenvalue weighted by Gasteiger charge is -2.23. The molecule has 65 heavy (non-hydrogen) atoms. The van der Waals surface area contributed by atoms with Crippen molar-refractivity contribution in [2.24, 2.45) is 0 Å². The first-order valence-corrected chi connectivity index (χ1v) is 23.3. The normalized spacial score (nSPS) is 15.5. The highest BCUT2D eigenvalue weighted by atomic mass is 16.3. The van der Waals surface area contributed by atoms with Gasteiger partial charge in [0.2, 0.25) is 0 Å². The van der Waals surface area contributed by atoms with E-state index in [9.17, 15) is 0 Å². The van der Waals surface area contributed by atoms with Gasteiger partial charge in [-0.25, -0.2) is 9.97 Å². The van der Waals surface area contributed by atoms with Crippen LogP contribution in [0.3, 0.4) is 0 Å². The molecule has 3 aliphatic rings. The molecule has 0 spiro atoms. The van der Waals surface area contributed by atoms with Crippen molar-refractivity contribution in [2.45, 2.75) is 64.7 Å². The lowest BCUT2D eigenvalue weighted by atomic mass is 9.81. The first-order valence-electron chi connectivity index (χ1n) is 23.3. The molecule has 310 valence electrons. The molecule has 0 atom stereocenters. The van der Waals surface area contributed by atoms with Crippen molar-refractivity contribution in [2.75, 3.05) is 0 Å². The van der Waals surface area contributed by atoms with E-state index >= 15 is 0 Å². The minimum Gasteiger partial charge on any atom is -0.456 e. The molecule has 0 fully saturated rings. The van der Waals surface area contributed by atoms with Crippen LogP contribution in [0.4, 0.5) is 0 Å². The second kappa shape index (κ2) is 12.0. The van der Waals surface area contributed by atoms with Crippen LogP contribution in [0.1, 0.15) is 74.6 Å². The molecule has 5 aromatic heterocycles. The Labute approximate surface area is 375 Å². The maximum Gasteiger partial charge on any atom is 0.162 e. The highest BCUT2D eigenvalue weighted by molar-refractivity contribution is 6.33. The molecule has 0 saturated heterocycles. The molecular formula is C60H44N4O. The molecule has 5 nitrogen and oxygen atoms in total. The van der Waals surface area contributed by atoms with Crippen LogP contribution in [-0.4, -0.2) is 18.9 Å². The Kier molecular flexibility index (Phi) is 6.62. The average molecular weight is 837 g/mol. The number of furan rings is 1. The van der Waals surface area contributed by atoms with Crippen LogP contribution in [0.15, 0.2) is 138 Å². The van der Waals surface area contributed by atoms with E-state index in [0.717, 1.165) is 70.0 Å². The summed E-state index contributed by atoms with van der Waals surface area (Å²) in [6, 6.07) is 49.6. The zero-order valence-electron chi connectivity index (χ0n) is 37.1. The van der Waals surface area contributed by atoms with E-state index in [1.165, 1.54) is 98.9 Å². The van der Waals surface area contributed by atoms with Crippen molar-refractivity contribution < 1.29 is 4.42 Å². The Morgan fingerprint density at radius 2 is 1.22 bits per heavy atom. The first kappa shape index (κ1) is 35.9. The van der Waals surface area contributed by atoms with E-state index < -0.39 is 0 Å². The van der Waals surface area contributed by atoms with E-state index in [0.29, 0.717) is 0 Å². The fraction of sp³-hybridized carbons (Fsp3) is 0.167. The summed E-state index contributed by atoms with van der Waals surface area (Å²) in [4.78, 5) is 11.5. The summed E-state index contributed by atoms with van der Waals surface area (Å²) in [6.45, 7) is 11.7. The van der Waals surface area contributed by atoms with Crippen LogP contribution in [0.25, 0.3) is 117 Å². The fourth-order valence-corrected chi connectivity index (χ4v) is 12.9. The largest absolute Gasteiger partial charge is 0.456 e. The van der Waals surface area contributed by atoms with E-state index in [2.05, 4.69) is 183 Å². The number of aryl methyl sites for hydroxylation is 1. The molecule has 0 N–H and O–H groups in total. The molecule has 0 radical (unpaired) electrons. The van der Waals surface area contributed by atoms with Crippen molar-refractivity contribution in [1.82, 2.24) is 18.9 Å². The van der Waals surface area contributed by atoms with Crippen LogP contribution in [-0.2, 0) is 23.7 Å². The Bertz CT molecular complexity index is 4170. The van der Waals surface area contributed by atoms with E-state index in [1.54, 1.807) is 0 Å². The van der Waals surface area contributed by atoms with Crippen LogP contribution in [0, 0.1) is 0 Å². The number of aromatic nitrogens is 4. The van der Waals surface area contributed by atoms with Crippen molar-refractivity contribution in [3.05, 3.63) is 172 Å². The SMILES string of the molecule is CCc1c(-c2ccc3c(c2)C(C)(C)c2ccccc2-3)nc(-c2ccc3c(c2)C(C)(C)c2ccccc2-3)nc1-n1c2c3c(n4c5ccccc5c5ccc6oc7ccc1c3c7c6c54)CCC=2. The Morgan fingerprint density at radius 1 is 0.569 bits per heavy atom. The molecule has 15 rings (SSSR count). The number of benzene rings is 7. The van der Waals surface area contributed by atoms with Crippen molar-refractivity contribution in [3.8, 4) is 50.7 Å². The van der Waals surface area contributed by atoms with Crippen molar-refractivity contribution in [1.29, 1.82) is 0 Å². The molecule has 12 aromatic rings. The molecule has 0 aliphatic heterocycles. The minimum absolute atomic E-state index is 0.149. The summed E-state index contributed by atoms with van der Waals surface area (Å²) in [5, 5.41) is 8.68. The monoisotopic (exact) mass is 836 g/mol. The number of para-hydroxylation sites is 1. The van der Waals surface area contributed by atoms with Crippen molar-refractivity contribution in [3.63, 3.8) is 0 Å². The molecule has 0 saturated carbocycles. The molecule has 5 heteroatoms. The molecule has 0 amide bonds. The maximum atomic E-state index is 6.77. The highest BCUT2D eigenvalue weighted by Crippen LogP contribution is 2.52. The number of fused-ring (bicyclic) bond motifs is 10. The standard InChI is InChI=1S/C60H44N4O/c1-6-34-55(32-22-24-37-35-14-7-10-17-41(35)59(2,3)43(37)30-32)61-57(33-23-25-38-36-15-8-11-18-42(36)60(4,5)44(38)31-33)62-58(34)64-47-21-13-20-46-51(47)52-48(64)27-29-49-53(52)54-50(65-49)28-26-40-39-16-9-12-19-45(39)63(46)56(40)54/h7-12,14-19,21-31H,6,13,20H2,1-5H3. The molecule has 7 aromatic carbocycles. The number of nitrogens with zero attached hydrogens (tertiary/aromatic N) is 4. The van der Waals surface area contributed by atoms with E-state index in [4.69, 9.17) is 14.4 Å². The van der Waals surface area contributed by atoms with E-state index in [1.807, 2.05) is 0 Å². The second-order valence-corrected chi connectivity index (χ2v) is 19.8. The number of hydrogen-bond donors (Lipinski definition) is 0. The Balaban J connectivity index is 1.07. The van der Waals surface area contributed by atoms with Gasteiger partial charge in [-0.1, -0.05) is 132 Å². The van der Waals surface area contributed by atoms with Crippen LogP contribution in [0.5, 0.6) is 0 Å². The van der Waals surface area contributed by atoms with Gasteiger partial charge in [-0.15, -0.1) is 0 Å². The van der Waals surface area contributed by atoms with Gasteiger partial charge in [0, 0.05) is 60.1 Å². The second-order valence-electron chi connectivity index (χ2n) is 19.8. The third kappa shape index (κ3) is 4.30. The summed E-state index contributed by atoms with van der Waals surface area (Å²) >= 11 is 0. The van der Waals surface area contributed by atoms with Gasteiger partial charge in [-0.05, 0) is 106 Å². The number of rotatable bonds is 4. The van der Waals surface area contributed by atoms with Gasteiger partial charge in [0.1, 0.15) is 17.0 Å². The summed E-state index contributed by atoms with van der Waals surface area (Å²) in [7, 11) is 0. The van der Waals surface area contributed by atoms with Crippen LogP contribution < -0.4 is 5.35 Å². The van der Waals surface area contributed by atoms with Gasteiger partial charge in [0.15, 0.2) is 5.82 Å². The van der Waals surface area contributed by atoms with Gasteiger partial charge in [-0.2, -0.15) is 0 Å². The molecule has 0 bridgehead atoms. The van der Waals surface area contributed by atoms with Gasteiger partial charge >= 0.3 is 0 Å². The molecule has 5 heterocycles. The van der Waals surface area contributed by atoms with Gasteiger partial charge < -0.3 is 8.82 Å². The molecule has 0 unspecified atom stereocenters. The predicted molar refractivity (Wildman–Crippen MR) is 267 cm³/mol. The topological polar surface area (TPSA) is 48.3 Å². The Morgan fingerprint density at radius 3 is 1.97 bits per heavy atom. The predicted octanol–water partition coefficient (Wildman–Crippen LogP) is 14.3. The summed E-state index contributed by atoms with van der Waals surface area (Å²) in [5.74, 6) is 1.68. The third-order valence-electron chi connectivity index (χ3n) is 15.9. The maximum absolute atomic E-state index is 6.77. The number of hydrogen-bond acceptors (Lipinski definition) is 3. The summed E-state index contributed by atoms with van der Waals surface area (Å²) < 4.78 is 11.8. The first-order chi connectivity index (χ1) is 31.7. The lowest BCUT2D eigenvalue weighted by Crippen LogP contribution is -2.22. The summed E-state index contributed by atoms with van der Waals surface area (Å²) in [5.41, 5.74) is 21.4. The lowest BCUT2D eigenvalue weighted by molar-refractivity contribution is 0.660.